The van der Waals surface area contributed by atoms with Crippen molar-refractivity contribution in [2.24, 2.45) is 0 Å². The molecule has 0 spiro atoms. The summed E-state index contributed by atoms with van der Waals surface area (Å²) >= 11 is 0. The van der Waals surface area contributed by atoms with Gasteiger partial charge in [0.05, 0.1) is 23.9 Å². The summed E-state index contributed by atoms with van der Waals surface area (Å²) < 4.78 is 5.25. The zero-order chi connectivity index (χ0) is 21.1. The van der Waals surface area contributed by atoms with Gasteiger partial charge >= 0.3 is 5.97 Å². The van der Waals surface area contributed by atoms with Crippen LogP contribution in [0.2, 0.25) is 0 Å². The maximum Gasteiger partial charge on any atom is 0.340 e. The summed E-state index contributed by atoms with van der Waals surface area (Å²) in [5.74, 6) is -0.949. The van der Waals surface area contributed by atoms with E-state index in [1.54, 1.807) is 24.3 Å². The number of anilines is 1. The molecule has 2 aromatic carbocycles. The molecule has 0 aromatic heterocycles. The van der Waals surface area contributed by atoms with Crippen LogP contribution in [-0.2, 0) is 9.53 Å². The molecule has 29 heavy (non-hydrogen) atoms. The van der Waals surface area contributed by atoms with Crippen LogP contribution in [0, 0.1) is 11.3 Å². The van der Waals surface area contributed by atoms with Crippen LogP contribution in [0.1, 0.15) is 48.7 Å². The molecule has 0 aliphatic rings. The lowest BCUT2D eigenvalue weighted by atomic mass is 10.1. The van der Waals surface area contributed by atoms with E-state index >= 15 is 0 Å². The Bertz CT molecular complexity index is 901. The Labute approximate surface area is 171 Å². The first-order valence-electron chi connectivity index (χ1n) is 9.55. The highest BCUT2D eigenvalue weighted by molar-refractivity contribution is 5.99. The minimum atomic E-state index is -0.501. The van der Waals surface area contributed by atoms with Crippen molar-refractivity contribution in [2.75, 3.05) is 11.9 Å². The molecule has 0 aliphatic carbocycles. The molecule has 0 aliphatic heterocycles. The predicted octanol–water partition coefficient (Wildman–Crippen LogP) is 4.34. The highest BCUT2D eigenvalue weighted by Crippen LogP contribution is 2.17. The molecule has 0 fully saturated rings. The molecule has 6 nitrogen and oxygen atoms in total. The molecule has 150 valence electrons. The molecule has 1 unspecified atom stereocenters. The molecular formula is C23H25N3O3. The summed E-state index contributed by atoms with van der Waals surface area (Å²) in [6.45, 7) is 4.21. The van der Waals surface area contributed by atoms with Gasteiger partial charge in [0.2, 0.25) is 0 Å². The number of nitrogens with one attached hydrogen (secondary N) is 2. The van der Waals surface area contributed by atoms with Crippen molar-refractivity contribution in [1.29, 1.82) is 5.26 Å². The average Bonchev–Trinajstić information content (AvgIpc) is 2.75. The van der Waals surface area contributed by atoms with Crippen LogP contribution in [0.5, 0.6) is 0 Å². The van der Waals surface area contributed by atoms with Gasteiger partial charge in [-0.25, -0.2) is 4.79 Å². The molecule has 6 heteroatoms. The van der Waals surface area contributed by atoms with E-state index in [9.17, 15) is 14.9 Å². The van der Waals surface area contributed by atoms with Crippen molar-refractivity contribution < 1.29 is 14.3 Å². The second-order valence-electron chi connectivity index (χ2n) is 6.46. The Hall–Kier alpha value is -3.59. The van der Waals surface area contributed by atoms with E-state index in [0.717, 1.165) is 18.4 Å². The van der Waals surface area contributed by atoms with Gasteiger partial charge in [0.25, 0.3) is 5.91 Å². The number of ether oxygens (including phenoxy) is 1. The first-order chi connectivity index (χ1) is 14.1. The summed E-state index contributed by atoms with van der Waals surface area (Å²) in [5.41, 5.74) is 1.65. The van der Waals surface area contributed by atoms with E-state index in [1.165, 1.54) is 6.20 Å². The van der Waals surface area contributed by atoms with Gasteiger partial charge in [0, 0.05) is 6.20 Å². The number of benzene rings is 2. The summed E-state index contributed by atoms with van der Waals surface area (Å²) in [6, 6.07) is 17.9. The number of carbonyl (C=O) groups excluding carboxylic acids is 2. The van der Waals surface area contributed by atoms with Gasteiger partial charge in [-0.3, -0.25) is 4.79 Å². The second-order valence-corrected chi connectivity index (χ2v) is 6.46. The van der Waals surface area contributed by atoms with Gasteiger partial charge in [-0.1, -0.05) is 55.8 Å². The van der Waals surface area contributed by atoms with Crippen molar-refractivity contribution in [3.63, 3.8) is 0 Å². The summed E-state index contributed by atoms with van der Waals surface area (Å²) in [5, 5.41) is 15.0. The maximum absolute atomic E-state index is 12.4. The number of rotatable bonds is 9. The van der Waals surface area contributed by atoms with Gasteiger partial charge in [-0.05, 0) is 31.0 Å². The van der Waals surface area contributed by atoms with Crippen LogP contribution >= 0.6 is 0 Å². The standard InChI is InChI=1S/C23H25N3O3/c1-3-4-14-29-23(28)20-12-8-9-13-21(20)25-16-19(15-24)22(27)26-17(2)18-10-6-5-7-11-18/h5-13,16-17,25H,3-4,14H2,1-2H3,(H,26,27)/b19-16-. The number of hydrogen-bond acceptors (Lipinski definition) is 5. The second kappa shape index (κ2) is 11.3. The number of unbranched alkanes of at least 4 members (excludes halogenated alkanes) is 1. The van der Waals surface area contributed by atoms with Gasteiger partial charge in [-0.2, -0.15) is 5.26 Å². The first-order valence-corrected chi connectivity index (χ1v) is 9.55. The van der Waals surface area contributed by atoms with Gasteiger partial charge < -0.3 is 15.4 Å². The third kappa shape index (κ3) is 6.51. The van der Waals surface area contributed by atoms with Gasteiger partial charge in [0.1, 0.15) is 11.6 Å². The summed E-state index contributed by atoms with van der Waals surface area (Å²) in [7, 11) is 0. The fraction of sp³-hybridized carbons (Fsp3) is 0.261. The number of para-hydroxylation sites is 1. The molecule has 0 radical (unpaired) electrons. The van der Waals surface area contributed by atoms with E-state index < -0.39 is 11.9 Å². The van der Waals surface area contributed by atoms with E-state index in [-0.39, 0.29) is 11.6 Å². The molecule has 2 rings (SSSR count). The molecule has 1 atom stereocenters. The highest BCUT2D eigenvalue weighted by Gasteiger charge is 2.15. The maximum atomic E-state index is 12.4. The molecular weight excluding hydrogens is 366 g/mol. The SMILES string of the molecule is CCCCOC(=O)c1ccccc1N/C=C(/C#N)C(=O)NC(C)c1ccccc1. The zero-order valence-corrected chi connectivity index (χ0v) is 16.6. The molecule has 0 heterocycles. The van der Waals surface area contributed by atoms with Crippen molar-refractivity contribution in [1.82, 2.24) is 5.32 Å². The normalized spacial score (nSPS) is 11.8. The number of esters is 1. The lowest BCUT2D eigenvalue weighted by Gasteiger charge is -2.14. The molecule has 1 amide bonds. The van der Waals surface area contributed by atoms with Crippen LogP contribution in [0.3, 0.4) is 0 Å². The van der Waals surface area contributed by atoms with E-state index in [2.05, 4.69) is 10.6 Å². The Balaban J connectivity index is 2.08. The Kier molecular flexibility index (Phi) is 8.46. The molecule has 0 saturated carbocycles. The third-order valence-electron chi connectivity index (χ3n) is 4.26. The van der Waals surface area contributed by atoms with Gasteiger partial charge in [0.15, 0.2) is 0 Å². The largest absolute Gasteiger partial charge is 0.462 e. The quantitative estimate of drug-likeness (QED) is 0.287. The summed E-state index contributed by atoms with van der Waals surface area (Å²) in [6.07, 6.45) is 3.02. The Morgan fingerprint density at radius 3 is 2.52 bits per heavy atom. The molecule has 2 aromatic rings. The fourth-order valence-electron chi connectivity index (χ4n) is 2.57. The average molecular weight is 391 g/mol. The zero-order valence-electron chi connectivity index (χ0n) is 16.6. The monoisotopic (exact) mass is 391 g/mol. The molecule has 2 N–H and O–H groups in total. The number of carbonyl (C=O) groups is 2. The Morgan fingerprint density at radius 1 is 1.14 bits per heavy atom. The van der Waals surface area contributed by atoms with Crippen molar-refractivity contribution in [3.05, 3.63) is 77.5 Å². The van der Waals surface area contributed by atoms with E-state index in [0.29, 0.717) is 17.9 Å². The highest BCUT2D eigenvalue weighted by atomic mass is 16.5. The number of nitrogens with zero attached hydrogens (tertiary/aromatic N) is 1. The smallest absolute Gasteiger partial charge is 0.340 e. The molecule has 0 saturated heterocycles. The van der Waals surface area contributed by atoms with Crippen LogP contribution < -0.4 is 10.6 Å². The van der Waals surface area contributed by atoms with Crippen molar-refractivity contribution >= 4 is 17.6 Å². The minimum Gasteiger partial charge on any atom is -0.462 e. The lowest BCUT2D eigenvalue weighted by molar-refractivity contribution is -0.117. The van der Waals surface area contributed by atoms with Crippen molar-refractivity contribution in [3.8, 4) is 6.07 Å². The fourth-order valence-corrected chi connectivity index (χ4v) is 2.57. The van der Waals surface area contributed by atoms with Gasteiger partial charge in [-0.15, -0.1) is 0 Å². The van der Waals surface area contributed by atoms with E-state index in [1.807, 2.05) is 50.2 Å². The van der Waals surface area contributed by atoms with Crippen LogP contribution in [-0.4, -0.2) is 18.5 Å². The minimum absolute atomic E-state index is 0.0954. The van der Waals surface area contributed by atoms with Crippen molar-refractivity contribution in [2.45, 2.75) is 32.7 Å². The topological polar surface area (TPSA) is 91.2 Å². The first kappa shape index (κ1) is 21.7. The lowest BCUT2D eigenvalue weighted by Crippen LogP contribution is -2.28. The third-order valence-corrected chi connectivity index (χ3v) is 4.26. The predicted molar refractivity (Wildman–Crippen MR) is 112 cm³/mol. The van der Waals surface area contributed by atoms with Crippen LogP contribution in [0.15, 0.2) is 66.4 Å². The summed E-state index contributed by atoms with van der Waals surface area (Å²) in [4.78, 5) is 24.7. The molecule has 0 bridgehead atoms. The number of nitriles is 1. The number of hydrogen-bond donors (Lipinski definition) is 2. The van der Waals surface area contributed by atoms with E-state index in [4.69, 9.17) is 4.74 Å². The van der Waals surface area contributed by atoms with Crippen LogP contribution in [0.4, 0.5) is 5.69 Å². The number of amides is 1. The Morgan fingerprint density at radius 2 is 1.83 bits per heavy atom. The van der Waals surface area contributed by atoms with Crippen LogP contribution in [0.25, 0.3) is 0 Å².